The number of nitrogen functional groups attached to an aromatic ring is 2. The monoisotopic (exact) mass is 945 g/mol. The van der Waals surface area contributed by atoms with Crippen molar-refractivity contribution < 1.29 is 9.59 Å². The first-order valence-corrected chi connectivity index (χ1v) is 25.4. The minimum Gasteiger partial charge on any atom is -0.399 e. The summed E-state index contributed by atoms with van der Waals surface area (Å²) < 4.78 is -1.01. The van der Waals surface area contributed by atoms with Gasteiger partial charge in [0.25, 0.3) is 0 Å². The number of carbonyl (C=O) groups excluding carboxylic acids is 2. The van der Waals surface area contributed by atoms with E-state index in [0.717, 1.165) is 16.7 Å². The zero-order valence-electron chi connectivity index (χ0n) is 38.8. The zero-order valence-corrected chi connectivity index (χ0v) is 40.4. The molecule has 0 aromatic heterocycles. The molecule has 0 saturated heterocycles. The van der Waals surface area contributed by atoms with Gasteiger partial charge in [0.15, 0.2) is 0 Å². The van der Waals surface area contributed by atoms with E-state index in [1.54, 1.807) is 0 Å². The second kappa shape index (κ2) is 23.8. The maximum atomic E-state index is 14.1. The van der Waals surface area contributed by atoms with Crippen molar-refractivity contribution in [1.82, 2.24) is 15.5 Å². The molecule has 0 aliphatic rings. The number of thioether (sulfide) groups is 2. The molecular formula is C60H59N5O2S2. The zero-order chi connectivity index (χ0) is 47.7. The van der Waals surface area contributed by atoms with E-state index in [1.807, 2.05) is 84.2 Å². The summed E-state index contributed by atoms with van der Waals surface area (Å²) in [6, 6.07) is 77.1. The van der Waals surface area contributed by atoms with Gasteiger partial charge in [0.05, 0.1) is 16.0 Å². The molecule has 0 aliphatic heterocycles. The van der Waals surface area contributed by atoms with Gasteiger partial charge in [0, 0.05) is 55.5 Å². The summed E-state index contributed by atoms with van der Waals surface area (Å²) in [6.45, 7) is 1.89. The minimum absolute atomic E-state index is 0.0842. The average molecular weight is 946 g/mol. The molecule has 0 saturated carbocycles. The molecule has 69 heavy (non-hydrogen) atoms. The minimum atomic E-state index is -0.519. The Kier molecular flexibility index (Phi) is 16.7. The maximum Gasteiger partial charge on any atom is 0.234 e. The Morgan fingerprint density at radius 1 is 0.449 bits per heavy atom. The molecule has 0 radical (unpaired) electrons. The average Bonchev–Trinajstić information content (AvgIpc) is 3.40. The Labute approximate surface area is 415 Å². The highest BCUT2D eigenvalue weighted by Gasteiger charge is 2.38. The lowest BCUT2D eigenvalue weighted by Crippen LogP contribution is -2.41. The van der Waals surface area contributed by atoms with Crippen molar-refractivity contribution in [3.8, 4) is 11.1 Å². The molecule has 2 amide bonds. The number of hydrogen-bond acceptors (Lipinski definition) is 7. The fraction of sp³-hybridized carbons (Fsp3) is 0.167. The molecular weight excluding hydrogens is 887 g/mol. The highest BCUT2D eigenvalue weighted by atomic mass is 32.2. The predicted molar refractivity (Wildman–Crippen MR) is 290 cm³/mol. The molecule has 9 heteroatoms. The van der Waals surface area contributed by atoms with Crippen LogP contribution in [-0.2, 0) is 25.6 Å². The summed E-state index contributed by atoms with van der Waals surface area (Å²) in [5, 5.41) is 6.40. The second-order valence-electron chi connectivity index (χ2n) is 16.9. The fourth-order valence-corrected chi connectivity index (χ4v) is 12.0. The molecule has 8 rings (SSSR count). The first-order valence-electron chi connectivity index (χ1n) is 23.5. The van der Waals surface area contributed by atoms with Gasteiger partial charge in [0.2, 0.25) is 11.8 Å². The number of rotatable bonds is 22. The van der Waals surface area contributed by atoms with Gasteiger partial charge in [-0.05, 0) is 74.3 Å². The molecule has 0 atom stereocenters. The van der Waals surface area contributed by atoms with E-state index in [0.29, 0.717) is 49.1 Å². The van der Waals surface area contributed by atoms with E-state index in [-0.39, 0.29) is 24.8 Å². The van der Waals surface area contributed by atoms with Crippen LogP contribution >= 0.6 is 23.5 Å². The molecule has 7 nitrogen and oxygen atoms in total. The quantitative estimate of drug-likeness (QED) is 0.0304. The second-order valence-corrected chi connectivity index (χ2v) is 19.6. The Balaban J connectivity index is 0.996. The van der Waals surface area contributed by atoms with Gasteiger partial charge in [0.1, 0.15) is 0 Å². The third-order valence-electron chi connectivity index (χ3n) is 12.4. The summed E-state index contributed by atoms with van der Waals surface area (Å²) >= 11 is 3.67. The van der Waals surface area contributed by atoms with Crippen LogP contribution in [0.5, 0.6) is 0 Å². The lowest BCUT2D eigenvalue weighted by molar-refractivity contribution is -0.124. The van der Waals surface area contributed by atoms with Gasteiger partial charge in [-0.3, -0.25) is 14.5 Å². The third-order valence-corrected chi connectivity index (χ3v) is 15.5. The number of carbonyl (C=O) groups is 2. The van der Waals surface area contributed by atoms with Crippen LogP contribution in [0.25, 0.3) is 11.1 Å². The lowest BCUT2D eigenvalue weighted by atomic mass is 9.84. The van der Waals surface area contributed by atoms with Gasteiger partial charge in [-0.15, -0.1) is 23.5 Å². The van der Waals surface area contributed by atoms with Crippen molar-refractivity contribution in [3.63, 3.8) is 0 Å². The van der Waals surface area contributed by atoms with Crippen molar-refractivity contribution in [3.05, 3.63) is 263 Å². The molecule has 348 valence electrons. The Morgan fingerprint density at radius 3 is 1.29 bits per heavy atom. The van der Waals surface area contributed by atoms with Crippen LogP contribution in [0.2, 0.25) is 0 Å². The molecule has 0 aliphatic carbocycles. The number of anilines is 2. The first-order chi connectivity index (χ1) is 33.8. The first kappa shape index (κ1) is 48.4. The van der Waals surface area contributed by atoms with E-state index in [1.165, 1.54) is 33.4 Å². The predicted octanol–water partition coefficient (Wildman–Crippen LogP) is 11.4. The number of nitrogens with zero attached hydrogens (tertiary/aromatic N) is 1. The maximum absolute atomic E-state index is 14.1. The number of hydrogen-bond donors (Lipinski definition) is 4. The summed E-state index contributed by atoms with van der Waals surface area (Å²) in [7, 11) is 0. The van der Waals surface area contributed by atoms with E-state index < -0.39 is 9.49 Å². The molecule has 0 spiro atoms. The van der Waals surface area contributed by atoms with Crippen molar-refractivity contribution in [2.75, 3.05) is 49.2 Å². The third kappa shape index (κ3) is 12.0. The van der Waals surface area contributed by atoms with Crippen molar-refractivity contribution in [2.24, 2.45) is 0 Å². The molecule has 8 aromatic rings. The molecule has 0 unspecified atom stereocenters. The number of amides is 2. The van der Waals surface area contributed by atoms with Crippen molar-refractivity contribution in [2.45, 2.75) is 22.5 Å². The normalized spacial score (nSPS) is 11.6. The fourth-order valence-electron chi connectivity index (χ4n) is 9.03. The molecule has 0 bridgehead atoms. The van der Waals surface area contributed by atoms with Crippen molar-refractivity contribution >= 4 is 46.7 Å². The Morgan fingerprint density at radius 2 is 0.855 bits per heavy atom. The topological polar surface area (TPSA) is 113 Å². The van der Waals surface area contributed by atoms with Gasteiger partial charge < -0.3 is 22.1 Å². The molecule has 0 fully saturated rings. The number of nitrogens with one attached hydrogen (secondary N) is 2. The van der Waals surface area contributed by atoms with Crippen LogP contribution in [0.4, 0.5) is 11.4 Å². The summed E-state index contributed by atoms with van der Waals surface area (Å²) in [5.41, 5.74) is 23.4. The smallest absolute Gasteiger partial charge is 0.234 e. The van der Waals surface area contributed by atoms with E-state index >= 15 is 0 Å². The number of benzene rings is 8. The summed E-state index contributed by atoms with van der Waals surface area (Å²) in [6.07, 6.45) is 0.211. The number of nitrogens with two attached hydrogens (primary N) is 2. The molecule has 0 heterocycles. The van der Waals surface area contributed by atoms with E-state index in [9.17, 15) is 9.59 Å². The van der Waals surface area contributed by atoms with E-state index in [2.05, 4.69) is 179 Å². The molecule has 6 N–H and O–H groups in total. The van der Waals surface area contributed by atoms with Crippen LogP contribution < -0.4 is 22.1 Å². The highest BCUT2D eigenvalue weighted by Crippen LogP contribution is 2.49. The highest BCUT2D eigenvalue weighted by molar-refractivity contribution is 8.00. The van der Waals surface area contributed by atoms with Gasteiger partial charge >= 0.3 is 0 Å². The standard InChI is InChI=1S/C60H59N5O2S2/c61-54-33-31-46(32-34-54)56-36-35-55(62)43-47(56)44-64-57(66)37-39-65(40-42-69-60(51-25-13-4-14-26-51,52-27-15-5-16-28-52)53-29-17-6-18-30-53)45-58(67)63-38-41-68-59(48-19-7-1-8-20-48,49-21-9-2-10-22-49)50-23-11-3-12-24-50/h1-36,43H,37-42,44-45,61-62H2,(H,63,67)(H,64,66). The summed E-state index contributed by atoms with van der Waals surface area (Å²) in [5.74, 6) is 1.16. The van der Waals surface area contributed by atoms with Crippen LogP contribution in [0.1, 0.15) is 45.4 Å². The van der Waals surface area contributed by atoms with Crippen LogP contribution in [0.3, 0.4) is 0 Å². The van der Waals surface area contributed by atoms with Crippen LogP contribution in [0, 0.1) is 0 Å². The van der Waals surface area contributed by atoms with Crippen LogP contribution in [-0.4, -0.2) is 54.4 Å². The summed E-state index contributed by atoms with van der Waals surface area (Å²) in [4.78, 5) is 30.0. The molecule has 8 aromatic carbocycles. The van der Waals surface area contributed by atoms with Crippen molar-refractivity contribution in [1.29, 1.82) is 0 Å². The largest absolute Gasteiger partial charge is 0.399 e. The Hall–Kier alpha value is -7.04. The van der Waals surface area contributed by atoms with Gasteiger partial charge in [-0.1, -0.05) is 200 Å². The Bertz CT molecular complexity index is 2640. The van der Waals surface area contributed by atoms with Gasteiger partial charge in [-0.25, -0.2) is 0 Å². The van der Waals surface area contributed by atoms with Crippen LogP contribution in [0.15, 0.2) is 224 Å². The van der Waals surface area contributed by atoms with E-state index in [4.69, 9.17) is 11.5 Å². The van der Waals surface area contributed by atoms with Gasteiger partial charge in [-0.2, -0.15) is 0 Å². The SMILES string of the molecule is Nc1ccc(-c2ccc(N)cc2CNC(=O)CCN(CCSC(c2ccccc2)(c2ccccc2)c2ccccc2)CC(=O)NCCSC(c2ccccc2)(c2ccccc2)c2ccccc2)cc1. The lowest BCUT2D eigenvalue weighted by Gasteiger charge is -2.36.